The van der Waals surface area contributed by atoms with Gasteiger partial charge < -0.3 is 9.47 Å². The number of epoxide rings is 1. The standard InChI is InChI=1S/C21H19F2NO4/c1-13(21(12-28-21)17-8-7-15(22)10-18(17)23)19(25)24-16(11-27-20(24)26)9-14-5-3-2-4-6-14/h2-8,10,13,16H,9,11-12H2,1H3/t13-,16-,21+/m0/s1/i1D3. The van der Waals surface area contributed by atoms with E-state index in [1.165, 1.54) is 0 Å². The fourth-order valence-corrected chi connectivity index (χ4v) is 3.49. The fraction of sp³-hybridized carbons (Fsp3) is 0.333. The Hall–Kier alpha value is -2.80. The van der Waals surface area contributed by atoms with Crippen molar-refractivity contribution in [3.05, 3.63) is 71.3 Å². The molecule has 0 saturated carbocycles. The van der Waals surface area contributed by atoms with Crippen molar-refractivity contribution in [3.8, 4) is 0 Å². The van der Waals surface area contributed by atoms with E-state index >= 15 is 0 Å². The van der Waals surface area contributed by atoms with Crippen molar-refractivity contribution in [1.82, 2.24) is 4.90 Å². The fourth-order valence-electron chi connectivity index (χ4n) is 3.49. The van der Waals surface area contributed by atoms with Gasteiger partial charge in [-0.15, -0.1) is 0 Å². The lowest BCUT2D eigenvalue weighted by Gasteiger charge is -2.26. The highest BCUT2D eigenvalue weighted by Crippen LogP contribution is 2.47. The minimum atomic E-state index is -2.92. The first kappa shape index (κ1) is 15.2. The highest BCUT2D eigenvalue weighted by atomic mass is 19.1. The molecule has 2 saturated heterocycles. The van der Waals surface area contributed by atoms with Gasteiger partial charge in [-0.2, -0.15) is 0 Å². The number of imide groups is 1. The summed E-state index contributed by atoms with van der Waals surface area (Å²) in [7, 11) is 0. The van der Waals surface area contributed by atoms with Crippen molar-refractivity contribution in [3.63, 3.8) is 0 Å². The molecule has 2 heterocycles. The molecule has 0 aliphatic carbocycles. The van der Waals surface area contributed by atoms with E-state index in [1.54, 1.807) is 12.1 Å². The van der Waals surface area contributed by atoms with Crippen molar-refractivity contribution in [1.29, 1.82) is 0 Å². The maximum atomic E-state index is 14.5. The van der Waals surface area contributed by atoms with Gasteiger partial charge >= 0.3 is 6.09 Å². The molecule has 0 bridgehead atoms. The van der Waals surface area contributed by atoms with Crippen molar-refractivity contribution >= 4 is 12.0 Å². The molecule has 28 heavy (non-hydrogen) atoms. The summed E-state index contributed by atoms with van der Waals surface area (Å²) in [5.74, 6) is -4.78. The van der Waals surface area contributed by atoms with Crippen molar-refractivity contribution in [2.24, 2.45) is 5.92 Å². The van der Waals surface area contributed by atoms with Gasteiger partial charge in [0.25, 0.3) is 0 Å². The summed E-state index contributed by atoms with van der Waals surface area (Å²) >= 11 is 0. The Morgan fingerprint density at radius 3 is 2.71 bits per heavy atom. The van der Waals surface area contributed by atoms with Gasteiger partial charge in [-0.05, 0) is 18.1 Å². The van der Waals surface area contributed by atoms with Crippen LogP contribution in [0.3, 0.4) is 0 Å². The van der Waals surface area contributed by atoms with E-state index in [1.807, 2.05) is 18.2 Å². The second kappa shape index (κ2) is 6.98. The third kappa shape index (κ3) is 3.16. The smallest absolute Gasteiger partial charge is 0.416 e. The van der Waals surface area contributed by atoms with Gasteiger partial charge in [0, 0.05) is 15.7 Å². The number of rotatable bonds is 5. The summed E-state index contributed by atoms with van der Waals surface area (Å²) in [5, 5.41) is 0. The van der Waals surface area contributed by atoms with E-state index in [0.29, 0.717) is 6.07 Å². The molecule has 2 fully saturated rings. The first-order chi connectivity index (χ1) is 14.6. The van der Waals surface area contributed by atoms with Crippen LogP contribution in [0.5, 0.6) is 0 Å². The largest absolute Gasteiger partial charge is 0.447 e. The monoisotopic (exact) mass is 390 g/mol. The van der Waals surface area contributed by atoms with Crippen LogP contribution in [-0.2, 0) is 26.3 Å². The number of hydrogen-bond donors (Lipinski definition) is 0. The Kier molecular flexibility index (Phi) is 3.78. The third-order valence-corrected chi connectivity index (χ3v) is 5.07. The summed E-state index contributed by atoms with van der Waals surface area (Å²) in [6, 6.07) is 10.9. The topological polar surface area (TPSA) is 59.1 Å². The molecular weight excluding hydrogens is 368 g/mol. The van der Waals surface area contributed by atoms with E-state index in [9.17, 15) is 18.4 Å². The lowest BCUT2D eigenvalue weighted by atomic mass is 9.85. The van der Waals surface area contributed by atoms with Crippen LogP contribution < -0.4 is 0 Å². The Morgan fingerprint density at radius 1 is 1.32 bits per heavy atom. The minimum absolute atomic E-state index is 0.0913. The molecule has 2 aromatic carbocycles. The summed E-state index contributed by atoms with van der Waals surface area (Å²) in [6.45, 7) is -3.27. The van der Waals surface area contributed by atoms with Gasteiger partial charge in [0.1, 0.15) is 23.8 Å². The number of amides is 2. The zero-order valence-corrected chi connectivity index (χ0v) is 14.7. The Balaban J connectivity index is 1.69. The van der Waals surface area contributed by atoms with Gasteiger partial charge in [0.2, 0.25) is 5.91 Å². The molecule has 0 unspecified atom stereocenters. The second-order valence-corrected chi connectivity index (χ2v) is 6.86. The highest BCUT2D eigenvalue weighted by molar-refractivity contribution is 5.95. The molecule has 5 nitrogen and oxygen atoms in total. The molecule has 0 N–H and O–H groups in total. The Morgan fingerprint density at radius 2 is 2.07 bits per heavy atom. The summed E-state index contributed by atoms with van der Waals surface area (Å²) in [5.41, 5.74) is -1.23. The lowest BCUT2D eigenvalue weighted by Crippen LogP contribution is -2.46. The van der Waals surface area contributed by atoms with Crippen LogP contribution in [0.25, 0.3) is 0 Å². The van der Waals surface area contributed by atoms with Crippen LogP contribution >= 0.6 is 0 Å². The van der Waals surface area contributed by atoms with Crippen LogP contribution in [0.2, 0.25) is 0 Å². The second-order valence-electron chi connectivity index (χ2n) is 6.86. The van der Waals surface area contributed by atoms with E-state index in [4.69, 9.17) is 13.6 Å². The average Bonchev–Trinajstić information content (AvgIpc) is 3.37. The van der Waals surface area contributed by atoms with Crippen LogP contribution in [0.1, 0.15) is 22.1 Å². The van der Waals surface area contributed by atoms with E-state index in [2.05, 4.69) is 0 Å². The number of carbonyl (C=O) groups excluding carboxylic acids is 2. The van der Waals surface area contributed by atoms with Crippen LogP contribution in [-0.4, -0.2) is 36.2 Å². The summed E-state index contributed by atoms with van der Waals surface area (Å²) in [4.78, 5) is 26.6. The Labute approximate surface area is 165 Å². The quantitative estimate of drug-likeness (QED) is 0.734. The highest BCUT2D eigenvalue weighted by Gasteiger charge is 2.57. The molecular formula is C21H19F2NO4. The maximum absolute atomic E-state index is 14.5. The maximum Gasteiger partial charge on any atom is 0.416 e. The molecule has 4 rings (SSSR count). The molecule has 2 aliphatic rings. The molecule has 2 aliphatic heterocycles. The molecule has 3 atom stereocenters. The molecule has 0 radical (unpaired) electrons. The summed E-state index contributed by atoms with van der Waals surface area (Å²) in [6.07, 6.45) is -0.694. The third-order valence-electron chi connectivity index (χ3n) is 5.07. The minimum Gasteiger partial charge on any atom is -0.447 e. The number of benzene rings is 2. The van der Waals surface area contributed by atoms with Crippen LogP contribution in [0, 0.1) is 17.6 Å². The zero-order valence-electron chi connectivity index (χ0n) is 17.7. The SMILES string of the molecule is [2H]C([2H])([2H])[C@@H](C(=O)N1C(=O)OC[C@@H]1Cc1ccccc1)[C@@]1(c2ccc(F)cc2F)CO1. The van der Waals surface area contributed by atoms with Gasteiger partial charge in [-0.1, -0.05) is 43.3 Å². The number of ether oxygens (including phenoxy) is 2. The summed E-state index contributed by atoms with van der Waals surface area (Å²) < 4.78 is 62.1. The van der Waals surface area contributed by atoms with Gasteiger partial charge in [-0.25, -0.2) is 18.5 Å². The Bertz CT molecular complexity index is 1010. The first-order valence-electron chi connectivity index (χ1n) is 10.3. The van der Waals surface area contributed by atoms with Gasteiger partial charge in [0.15, 0.2) is 0 Å². The van der Waals surface area contributed by atoms with Crippen LogP contribution in [0.4, 0.5) is 13.6 Å². The molecule has 0 aromatic heterocycles. The number of nitrogens with zero attached hydrogens (tertiary/aromatic N) is 1. The predicted octanol–water partition coefficient (Wildman–Crippen LogP) is 3.42. The lowest BCUT2D eigenvalue weighted by molar-refractivity contribution is -0.135. The molecule has 2 amide bonds. The first-order valence-corrected chi connectivity index (χ1v) is 8.77. The molecule has 2 aromatic rings. The van der Waals surface area contributed by atoms with Gasteiger partial charge in [-0.3, -0.25) is 4.79 Å². The van der Waals surface area contributed by atoms with Crippen LogP contribution in [0.15, 0.2) is 48.5 Å². The molecule has 0 spiro atoms. The number of hydrogen-bond acceptors (Lipinski definition) is 4. The van der Waals surface area contributed by atoms with E-state index in [-0.39, 0.29) is 25.2 Å². The molecule has 7 heteroatoms. The normalized spacial score (nSPS) is 26.8. The van der Waals surface area contributed by atoms with E-state index in [0.717, 1.165) is 22.6 Å². The molecule has 146 valence electrons. The predicted molar refractivity (Wildman–Crippen MR) is 95.3 cm³/mol. The zero-order chi connectivity index (χ0) is 22.4. The van der Waals surface area contributed by atoms with Gasteiger partial charge in [0.05, 0.1) is 18.6 Å². The van der Waals surface area contributed by atoms with Crippen molar-refractivity contribution in [2.75, 3.05) is 13.2 Å². The van der Waals surface area contributed by atoms with Crippen molar-refractivity contribution in [2.45, 2.75) is 24.9 Å². The van der Waals surface area contributed by atoms with E-state index < -0.39 is 48.0 Å². The van der Waals surface area contributed by atoms with Crippen molar-refractivity contribution < 1.29 is 32.0 Å². The number of carbonyl (C=O) groups is 2. The average molecular weight is 390 g/mol. The number of cyclic esters (lactones) is 1. The number of halogens is 2.